The molecule has 0 saturated heterocycles. The van der Waals surface area contributed by atoms with Gasteiger partial charge in [0.2, 0.25) is 0 Å². The Balaban J connectivity index is 0.000000122. The van der Waals surface area contributed by atoms with Gasteiger partial charge >= 0.3 is 0 Å². The van der Waals surface area contributed by atoms with Crippen LogP contribution in [0.4, 0.5) is 0 Å². The first kappa shape index (κ1) is 23.1. The molecule has 0 amide bonds. The Morgan fingerprint density at radius 2 is 0.917 bits per heavy atom. The summed E-state index contributed by atoms with van der Waals surface area (Å²) in [7, 11) is 0. The van der Waals surface area contributed by atoms with Crippen molar-refractivity contribution >= 4 is 46.2 Å². The Morgan fingerprint density at radius 3 is 1.42 bits per heavy atom. The highest BCUT2D eigenvalue weighted by molar-refractivity contribution is 8.00. The monoisotopic (exact) mass is 568 g/mol. The zero-order chi connectivity index (χ0) is 23.9. The van der Waals surface area contributed by atoms with Gasteiger partial charge in [-0.2, -0.15) is 0 Å². The van der Waals surface area contributed by atoms with Gasteiger partial charge in [0.05, 0.1) is 21.3 Å². The highest BCUT2D eigenvalue weighted by Gasteiger charge is 2.38. The molecule has 6 aliphatic heterocycles. The van der Waals surface area contributed by atoms with Crippen LogP contribution in [0.1, 0.15) is 20.3 Å². The van der Waals surface area contributed by atoms with Crippen LogP contribution >= 0.6 is 46.2 Å². The van der Waals surface area contributed by atoms with Gasteiger partial charge in [0, 0.05) is 10.8 Å². The second kappa shape index (κ2) is 10.0. The predicted octanol–water partition coefficient (Wildman–Crippen LogP) is 5.13. The summed E-state index contributed by atoms with van der Waals surface area (Å²) in [5, 5.41) is 4.45. The molecule has 8 heterocycles. The van der Waals surface area contributed by atoms with Gasteiger partial charge in [0.1, 0.15) is 74.9 Å². The van der Waals surface area contributed by atoms with Crippen molar-refractivity contribution < 1.29 is 37.9 Å². The Bertz CT molecular complexity index is 1110. The maximum atomic E-state index is 5.77. The van der Waals surface area contributed by atoms with E-state index in [9.17, 15) is 0 Å². The van der Waals surface area contributed by atoms with Crippen molar-refractivity contribution in [3.63, 3.8) is 0 Å². The van der Waals surface area contributed by atoms with Gasteiger partial charge in [0.25, 0.3) is 0 Å². The lowest BCUT2D eigenvalue weighted by Gasteiger charge is -2.21. The highest BCUT2D eigenvalue weighted by atomic mass is 32.2. The standard InChI is InChI=1S/2C12H12O4S2/c2*1-3-15-9-7(13-1)5-17-11(9)12-10-8(6-18-12)14-2-4-16-10/h2*5,12H,1-4,6H2/t12-;/m1./s1. The molecule has 0 saturated carbocycles. The first-order valence-corrected chi connectivity index (χ1v) is 15.7. The zero-order valence-electron chi connectivity index (χ0n) is 19.3. The quantitative estimate of drug-likeness (QED) is 0.487. The SMILES string of the molecule is c1sc(C2SCC3=C2OCCO3)c2c1OCCO2.c1sc([C@@H]2SCC3=C2OCCO3)c2c1OCCO2. The second-order valence-electron chi connectivity index (χ2n) is 8.33. The van der Waals surface area contributed by atoms with E-state index in [4.69, 9.17) is 37.9 Å². The van der Waals surface area contributed by atoms with Crippen LogP contribution in [0.25, 0.3) is 0 Å². The fraction of sp³-hybridized carbons (Fsp3) is 0.500. The van der Waals surface area contributed by atoms with Crippen molar-refractivity contribution in [3.8, 4) is 23.0 Å². The molecule has 0 aliphatic carbocycles. The average Bonchev–Trinajstić information content (AvgIpc) is 3.72. The third-order valence-electron chi connectivity index (χ3n) is 6.15. The molecule has 0 aromatic carbocycles. The number of ether oxygens (including phenoxy) is 8. The summed E-state index contributed by atoms with van der Waals surface area (Å²) in [6.07, 6.45) is 0. The van der Waals surface area contributed by atoms with Crippen LogP contribution in [0.3, 0.4) is 0 Å². The smallest absolute Gasteiger partial charge is 0.176 e. The second-order valence-corrected chi connectivity index (χ2v) is 12.3. The molecule has 8 nitrogen and oxygen atoms in total. The van der Waals surface area contributed by atoms with Crippen LogP contribution < -0.4 is 18.9 Å². The van der Waals surface area contributed by atoms with E-state index >= 15 is 0 Å². The van der Waals surface area contributed by atoms with Crippen LogP contribution in [0.2, 0.25) is 0 Å². The molecule has 0 bridgehead atoms. The summed E-state index contributed by atoms with van der Waals surface area (Å²) in [5.74, 6) is 9.24. The summed E-state index contributed by atoms with van der Waals surface area (Å²) < 4.78 is 45.5. The van der Waals surface area contributed by atoms with Crippen LogP contribution in [-0.2, 0) is 18.9 Å². The summed E-state index contributed by atoms with van der Waals surface area (Å²) >= 11 is 7.01. The molecule has 2 aromatic rings. The van der Waals surface area contributed by atoms with E-state index in [-0.39, 0.29) is 10.5 Å². The molecular formula is C24H24O8S4. The first-order chi connectivity index (χ1) is 17.9. The lowest BCUT2D eigenvalue weighted by molar-refractivity contribution is 0.0640. The number of thioether (sulfide) groups is 2. The molecule has 6 aliphatic rings. The number of thiophene rings is 2. The fourth-order valence-electron chi connectivity index (χ4n) is 4.59. The predicted molar refractivity (Wildman–Crippen MR) is 139 cm³/mol. The van der Waals surface area contributed by atoms with Crippen molar-refractivity contribution in [1.82, 2.24) is 0 Å². The molecule has 1 unspecified atom stereocenters. The summed E-state index contributed by atoms with van der Waals surface area (Å²) in [6, 6.07) is 0. The zero-order valence-corrected chi connectivity index (χ0v) is 22.5. The van der Waals surface area contributed by atoms with Crippen molar-refractivity contribution in [1.29, 1.82) is 0 Å². The topological polar surface area (TPSA) is 73.8 Å². The molecule has 192 valence electrons. The van der Waals surface area contributed by atoms with E-state index in [1.807, 2.05) is 34.3 Å². The molecule has 8 rings (SSSR count). The third kappa shape index (κ3) is 4.15. The Hall–Kier alpha value is -2.02. The average molecular weight is 569 g/mol. The van der Waals surface area contributed by atoms with E-state index in [2.05, 4.69) is 0 Å². The van der Waals surface area contributed by atoms with Crippen LogP contribution in [0.5, 0.6) is 23.0 Å². The largest absolute Gasteiger partial charge is 0.490 e. The van der Waals surface area contributed by atoms with Crippen molar-refractivity contribution in [2.75, 3.05) is 64.4 Å². The van der Waals surface area contributed by atoms with Gasteiger partial charge in [-0.15, -0.1) is 46.2 Å². The minimum absolute atomic E-state index is 0.204. The van der Waals surface area contributed by atoms with E-state index in [0.29, 0.717) is 52.9 Å². The van der Waals surface area contributed by atoms with Crippen molar-refractivity contribution in [2.45, 2.75) is 10.5 Å². The molecule has 0 N–H and O–H groups in total. The first-order valence-electron chi connectivity index (χ1n) is 11.8. The molecule has 36 heavy (non-hydrogen) atoms. The molecule has 12 heteroatoms. The van der Waals surface area contributed by atoms with Crippen molar-refractivity contribution in [3.05, 3.63) is 43.6 Å². The number of fused-ring (bicyclic) bond motifs is 2. The highest BCUT2D eigenvalue weighted by Crippen LogP contribution is 2.55. The lowest BCUT2D eigenvalue weighted by Crippen LogP contribution is -2.16. The van der Waals surface area contributed by atoms with Gasteiger partial charge in [-0.1, -0.05) is 0 Å². The van der Waals surface area contributed by atoms with Gasteiger partial charge < -0.3 is 37.9 Å². The Kier molecular flexibility index (Phi) is 6.44. The van der Waals surface area contributed by atoms with E-state index < -0.39 is 0 Å². The molecule has 0 radical (unpaired) electrons. The van der Waals surface area contributed by atoms with E-state index in [1.165, 1.54) is 9.75 Å². The molecular weight excluding hydrogens is 545 g/mol. The maximum absolute atomic E-state index is 5.77. The van der Waals surface area contributed by atoms with Gasteiger partial charge in [-0.05, 0) is 0 Å². The lowest BCUT2D eigenvalue weighted by atomic mass is 10.2. The minimum atomic E-state index is 0.204. The van der Waals surface area contributed by atoms with Crippen LogP contribution in [0, 0.1) is 0 Å². The van der Waals surface area contributed by atoms with E-state index in [1.54, 1.807) is 22.7 Å². The Labute approximate surface area is 224 Å². The summed E-state index contributed by atoms with van der Waals surface area (Å²) in [4.78, 5) is 2.37. The van der Waals surface area contributed by atoms with Crippen LogP contribution in [-0.4, -0.2) is 64.4 Å². The normalized spacial score (nSPS) is 25.4. The van der Waals surface area contributed by atoms with Gasteiger partial charge in [-0.3, -0.25) is 0 Å². The summed E-state index contributed by atoms with van der Waals surface area (Å²) in [5.41, 5.74) is 0. The minimum Gasteiger partial charge on any atom is -0.490 e. The molecule has 0 fully saturated rings. The number of hydrogen-bond donors (Lipinski definition) is 0. The number of hydrogen-bond acceptors (Lipinski definition) is 12. The van der Waals surface area contributed by atoms with Gasteiger partial charge in [-0.25, -0.2) is 0 Å². The summed E-state index contributed by atoms with van der Waals surface area (Å²) in [6.45, 7) is 5.11. The maximum Gasteiger partial charge on any atom is 0.176 e. The van der Waals surface area contributed by atoms with Gasteiger partial charge in [0.15, 0.2) is 34.5 Å². The third-order valence-corrected chi connectivity index (χ3v) is 10.9. The molecule has 0 spiro atoms. The van der Waals surface area contributed by atoms with E-state index in [0.717, 1.165) is 57.5 Å². The molecule has 2 atom stereocenters. The molecule has 2 aromatic heterocycles. The van der Waals surface area contributed by atoms with Crippen molar-refractivity contribution in [2.24, 2.45) is 0 Å². The Morgan fingerprint density at radius 1 is 0.500 bits per heavy atom. The fourth-order valence-corrected chi connectivity index (χ4v) is 9.45. The van der Waals surface area contributed by atoms with Crippen LogP contribution in [0.15, 0.2) is 33.8 Å². The number of rotatable bonds is 2.